The van der Waals surface area contributed by atoms with Crippen LogP contribution in [0.15, 0.2) is 0 Å². The molecule has 5 heteroatoms. The predicted octanol–water partition coefficient (Wildman–Crippen LogP) is 0.572. The van der Waals surface area contributed by atoms with Crippen molar-refractivity contribution in [2.45, 2.75) is 40.0 Å². The molecule has 0 aliphatic carbocycles. The lowest BCUT2D eigenvalue weighted by Gasteiger charge is -2.30. The van der Waals surface area contributed by atoms with Crippen molar-refractivity contribution in [3.63, 3.8) is 0 Å². The summed E-state index contributed by atoms with van der Waals surface area (Å²) in [7, 11) is 3.92. The molecule has 19 heavy (non-hydrogen) atoms. The highest BCUT2D eigenvalue weighted by molar-refractivity contribution is 5.75. The first kappa shape index (κ1) is 17.9. The average Bonchev–Trinajstić information content (AvgIpc) is 2.32. The minimum absolute atomic E-state index is 0.0512. The van der Waals surface area contributed by atoms with Crippen LogP contribution in [0.2, 0.25) is 0 Å². The molecule has 0 rings (SSSR count). The Labute approximate surface area is 116 Å². The quantitative estimate of drug-likeness (QED) is 0.350. The number of rotatable bonds is 9. The van der Waals surface area contributed by atoms with Gasteiger partial charge in [-0.2, -0.15) is 0 Å². The molecule has 0 aromatic heterocycles. The molecule has 0 fully saturated rings. The summed E-state index contributed by atoms with van der Waals surface area (Å²) in [4.78, 5) is 22.1. The molecule has 0 spiro atoms. The van der Waals surface area contributed by atoms with Gasteiger partial charge in [0.25, 0.3) is 0 Å². The summed E-state index contributed by atoms with van der Waals surface area (Å²) in [5.41, 5.74) is -0.431. The summed E-state index contributed by atoms with van der Waals surface area (Å²) in [6, 6.07) is 0. The number of carboxylic acid groups (broad SMARTS) is 1. The lowest BCUT2D eigenvalue weighted by atomic mass is 9.91. The fourth-order valence-corrected chi connectivity index (χ4v) is 1.50. The third-order valence-corrected chi connectivity index (χ3v) is 3.50. The summed E-state index contributed by atoms with van der Waals surface area (Å²) in [5.74, 6) is -1.20. The van der Waals surface area contributed by atoms with Gasteiger partial charge in [-0.15, -0.1) is 0 Å². The van der Waals surface area contributed by atoms with E-state index in [1.54, 1.807) is 0 Å². The Morgan fingerprint density at radius 1 is 1.21 bits per heavy atom. The summed E-state index contributed by atoms with van der Waals surface area (Å²) in [5, 5.41) is 10.4. The van der Waals surface area contributed by atoms with Gasteiger partial charge in [0.2, 0.25) is 0 Å². The van der Waals surface area contributed by atoms with E-state index in [-0.39, 0.29) is 12.4 Å². The second-order valence-corrected chi connectivity index (χ2v) is 6.23. The maximum atomic E-state index is 11.7. The number of carboxylic acids is 1. The second kappa shape index (κ2) is 7.48. The van der Waals surface area contributed by atoms with E-state index in [1.807, 2.05) is 34.9 Å². The van der Waals surface area contributed by atoms with Gasteiger partial charge < -0.3 is 19.1 Å². The standard InChI is InChI=1S/C14H27NO4/c1-6-14(2,3)13(18)19-11-7-9-15(4,5)10-8-12(16)17/h6-11H2,1-5H3. The van der Waals surface area contributed by atoms with Crippen LogP contribution in [-0.2, 0) is 14.3 Å². The predicted molar refractivity (Wildman–Crippen MR) is 71.1 cm³/mol. The van der Waals surface area contributed by atoms with Crippen LogP contribution in [0.1, 0.15) is 40.0 Å². The SMILES string of the molecule is CCC(C)(C)C(=O)OCCC[N+](C)(C)CCC(=O)[O-]. The maximum absolute atomic E-state index is 11.7. The van der Waals surface area contributed by atoms with Gasteiger partial charge in [0, 0.05) is 18.8 Å². The zero-order valence-electron chi connectivity index (χ0n) is 12.8. The Hall–Kier alpha value is -1.10. The molecule has 0 amide bonds. The third-order valence-electron chi connectivity index (χ3n) is 3.50. The van der Waals surface area contributed by atoms with Crippen LogP contribution >= 0.6 is 0 Å². The van der Waals surface area contributed by atoms with Crippen LogP contribution in [0, 0.1) is 5.41 Å². The highest BCUT2D eigenvalue weighted by Gasteiger charge is 2.27. The van der Waals surface area contributed by atoms with Crippen molar-refractivity contribution in [3.8, 4) is 0 Å². The molecule has 0 bridgehead atoms. The van der Waals surface area contributed by atoms with Crippen LogP contribution < -0.4 is 5.11 Å². The molecule has 0 aromatic carbocycles. The summed E-state index contributed by atoms with van der Waals surface area (Å²) in [6.45, 7) is 7.38. The van der Waals surface area contributed by atoms with Crippen molar-refractivity contribution in [2.75, 3.05) is 33.8 Å². The monoisotopic (exact) mass is 273 g/mol. The Bertz CT molecular complexity index is 311. The van der Waals surface area contributed by atoms with E-state index in [1.165, 1.54) is 0 Å². The van der Waals surface area contributed by atoms with Gasteiger partial charge in [-0.1, -0.05) is 6.92 Å². The Balaban J connectivity index is 3.91. The molecule has 0 aliphatic rings. The van der Waals surface area contributed by atoms with Gasteiger partial charge in [0.1, 0.15) is 0 Å². The van der Waals surface area contributed by atoms with Gasteiger partial charge in [0.05, 0.1) is 39.2 Å². The minimum atomic E-state index is -1.03. The molecular formula is C14H27NO4. The molecule has 0 aromatic rings. The molecule has 0 unspecified atom stereocenters. The zero-order valence-corrected chi connectivity index (χ0v) is 12.8. The Kier molecular flexibility index (Phi) is 7.05. The molecule has 5 nitrogen and oxygen atoms in total. The number of esters is 1. The van der Waals surface area contributed by atoms with E-state index in [9.17, 15) is 14.7 Å². The lowest BCUT2D eigenvalue weighted by Crippen LogP contribution is -2.44. The van der Waals surface area contributed by atoms with Gasteiger partial charge >= 0.3 is 5.97 Å². The molecule has 0 saturated heterocycles. The van der Waals surface area contributed by atoms with Gasteiger partial charge in [0.15, 0.2) is 0 Å². The number of quaternary nitrogens is 1. The maximum Gasteiger partial charge on any atom is 0.311 e. The van der Waals surface area contributed by atoms with E-state index in [0.717, 1.165) is 19.4 Å². The fourth-order valence-electron chi connectivity index (χ4n) is 1.50. The Morgan fingerprint density at radius 2 is 1.79 bits per heavy atom. The first-order valence-corrected chi connectivity index (χ1v) is 6.80. The first-order chi connectivity index (χ1) is 8.60. The van der Waals surface area contributed by atoms with Gasteiger partial charge in [-0.05, 0) is 20.3 Å². The molecule has 0 aliphatic heterocycles. The largest absolute Gasteiger partial charge is 0.550 e. The molecule has 112 valence electrons. The average molecular weight is 273 g/mol. The minimum Gasteiger partial charge on any atom is -0.550 e. The molecule has 0 saturated carbocycles. The Morgan fingerprint density at radius 3 is 2.26 bits per heavy atom. The number of hydrogen-bond donors (Lipinski definition) is 0. The number of hydrogen-bond acceptors (Lipinski definition) is 4. The fraction of sp³-hybridized carbons (Fsp3) is 0.857. The van der Waals surface area contributed by atoms with Gasteiger partial charge in [-0.3, -0.25) is 4.79 Å². The van der Waals surface area contributed by atoms with Crippen molar-refractivity contribution >= 4 is 11.9 Å². The third kappa shape index (κ3) is 7.82. The van der Waals surface area contributed by atoms with Crippen LogP contribution in [0.25, 0.3) is 0 Å². The van der Waals surface area contributed by atoms with Gasteiger partial charge in [-0.25, -0.2) is 0 Å². The number of carbonyl (C=O) groups is 2. The van der Waals surface area contributed by atoms with E-state index >= 15 is 0 Å². The topological polar surface area (TPSA) is 66.4 Å². The molecular weight excluding hydrogens is 246 g/mol. The van der Waals surface area contributed by atoms with Crippen LogP contribution in [-0.4, -0.2) is 50.2 Å². The van der Waals surface area contributed by atoms with Crippen LogP contribution in [0.4, 0.5) is 0 Å². The molecule has 0 radical (unpaired) electrons. The normalized spacial score (nSPS) is 12.3. The van der Waals surface area contributed by atoms with E-state index in [0.29, 0.717) is 17.6 Å². The highest BCUT2D eigenvalue weighted by Crippen LogP contribution is 2.21. The number of aliphatic carboxylic acids is 1. The van der Waals surface area contributed by atoms with Crippen molar-refractivity contribution < 1.29 is 23.9 Å². The van der Waals surface area contributed by atoms with E-state index < -0.39 is 11.4 Å². The van der Waals surface area contributed by atoms with E-state index in [4.69, 9.17) is 4.74 Å². The second-order valence-electron chi connectivity index (χ2n) is 6.23. The van der Waals surface area contributed by atoms with Crippen molar-refractivity contribution in [3.05, 3.63) is 0 Å². The number of carbonyl (C=O) groups excluding carboxylic acids is 2. The van der Waals surface area contributed by atoms with Crippen LogP contribution in [0.5, 0.6) is 0 Å². The zero-order chi connectivity index (χ0) is 15.1. The van der Waals surface area contributed by atoms with Crippen molar-refractivity contribution in [2.24, 2.45) is 5.41 Å². The van der Waals surface area contributed by atoms with Crippen molar-refractivity contribution in [1.29, 1.82) is 0 Å². The van der Waals surface area contributed by atoms with E-state index in [2.05, 4.69) is 0 Å². The smallest absolute Gasteiger partial charge is 0.311 e. The van der Waals surface area contributed by atoms with Crippen LogP contribution in [0.3, 0.4) is 0 Å². The first-order valence-electron chi connectivity index (χ1n) is 6.80. The number of ether oxygens (including phenoxy) is 1. The number of nitrogens with zero attached hydrogens (tertiary/aromatic N) is 1. The molecule has 0 heterocycles. The highest BCUT2D eigenvalue weighted by atomic mass is 16.5. The van der Waals surface area contributed by atoms with Crippen molar-refractivity contribution in [1.82, 2.24) is 0 Å². The summed E-state index contributed by atoms with van der Waals surface area (Å²) >= 11 is 0. The molecule has 0 atom stereocenters. The summed E-state index contributed by atoms with van der Waals surface area (Å²) < 4.78 is 5.83. The summed E-state index contributed by atoms with van der Waals surface area (Å²) in [6.07, 6.45) is 1.53. The lowest BCUT2D eigenvalue weighted by molar-refractivity contribution is -0.890. The molecule has 0 N–H and O–H groups in total.